The molecule has 24 heavy (non-hydrogen) atoms. The molecule has 1 aliphatic heterocycles. The van der Waals surface area contributed by atoms with Gasteiger partial charge in [-0.2, -0.15) is 0 Å². The lowest BCUT2D eigenvalue weighted by Crippen LogP contribution is -2.43. The molecule has 7 nitrogen and oxygen atoms in total. The topological polar surface area (TPSA) is 93.9 Å². The monoisotopic (exact) mass is 357 g/mol. The number of para-hydroxylation sites is 2. The zero-order chi connectivity index (χ0) is 16.7. The predicted molar refractivity (Wildman–Crippen MR) is 93.4 cm³/mol. The maximum absolute atomic E-state index is 12.1. The van der Waals surface area contributed by atoms with Gasteiger partial charge in [-0.3, -0.25) is 9.59 Å². The lowest BCUT2D eigenvalue weighted by atomic mass is 10.1. The Kier molecular flexibility index (Phi) is 8.53. The first-order chi connectivity index (χ1) is 11.1. The summed E-state index contributed by atoms with van der Waals surface area (Å²) in [6.07, 6.45) is 0. The third-order valence-electron chi connectivity index (χ3n) is 3.66. The summed E-state index contributed by atoms with van der Waals surface area (Å²) in [4.78, 5) is 25.8. The van der Waals surface area contributed by atoms with Gasteiger partial charge >= 0.3 is 0 Å². The van der Waals surface area contributed by atoms with Crippen molar-refractivity contribution in [2.75, 3.05) is 44.8 Å². The lowest BCUT2D eigenvalue weighted by molar-refractivity contribution is -0.137. The van der Waals surface area contributed by atoms with Crippen LogP contribution >= 0.6 is 12.4 Å². The number of morpholine rings is 1. The molecule has 1 aromatic carbocycles. The molecular formula is C16H24ClN3O4. The Balaban J connectivity index is 0.00000288. The van der Waals surface area contributed by atoms with Gasteiger partial charge in [0.15, 0.2) is 6.61 Å². The van der Waals surface area contributed by atoms with Crippen LogP contribution in [0.1, 0.15) is 6.92 Å². The summed E-state index contributed by atoms with van der Waals surface area (Å²) < 4.78 is 10.8. The highest BCUT2D eigenvalue weighted by molar-refractivity contribution is 5.94. The number of anilines is 1. The van der Waals surface area contributed by atoms with Crippen LogP contribution in [0.15, 0.2) is 24.3 Å². The molecule has 1 saturated heterocycles. The Hall–Kier alpha value is -1.83. The van der Waals surface area contributed by atoms with Crippen molar-refractivity contribution < 1.29 is 19.1 Å². The van der Waals surface area contributed by atoms with Crippen LogP contribution in [0.5, 0.6) is 5.75 Å². The van der Waals surface area contributed by atoms with Gasteiger partial charge in [-0.25, -0.2) is 0 Å². The van der Waals surface area contributed by atoms with Gasteiger partial charge in [0.05, 0.1) is 18.9 Å². The number of carbonyl (C=O) groups excluding carboxylic acids is 2. The Bertz CT molecular complexity index is 550. The normalized spacial score (nSPS) is 15.2. The van der Waals surface area contributed by atoms with Gasteiger partial charge in [0, 0.05) is 25.6 Å². The van der Waals surface area contributed by atoms with Gasteiger partial charge in [0.1, 0.15) is 5.75 Å². The van der Waals surface area contributed by atoms with E-state index in [1.165, 1.54) is 0 Å². The summed E-state index contributed by atoms with van der Waals surface area (Å²) in [5, 5.41) is 2.78. The number of rotatable bonds is 6. The molecule has 0 spiro atoms. The summed E-state index contributed by atoms with van der Waals surface area (Å²) in [5.41, 5.74) is 6.03. The standard InChI is InChI=1S/C16H23N3O4.ClH/c1-12(10-17)16(21)18-13-4-2-3-5-14(13)23-11-15(20)19-6-8-22-9-7-19;/h2-5,12H,6-11,17H2,1H3,(H,18,21);1H. The van der Waals surface area contributed by atoms with Crippen LogP contribution in [0.3, 0.4) is 0 Å². The van der Waals surface area contributed by atoms with Gasteiger partial charge in [-0.1, -0.05) is 19.1 Å². The molecule has 2 amide bonds. The van der Waals surface area contributed by atoms with Crippen LogP contribution in [0, 0.1) is 5.92 Å². The molecule has 0 aromatic heterocycles. The maximum atomic E-state index is 12.1. The molecule has 0 bridgehead atoms. The predicted octanol–water partition coefficient (Wildman–Crippen LogP) is 0.879. The molecule has 0 aliphatic carbocycles. The quantitative estimate of drug-likeness (QED) is 0.788. The third-order valence-corrected chi connectivity index (χ3v) is 3.66. The van der Waals surface area contributed by atoms with Crippen molar-refractivity contribution in [3.05, 3.63) is 24.3 Å². The van der Waals surface area contributed by atoms with E-state index in [-0.39, 0.29) is 43.3 Å². The largest absolute Gasteiger partial charge is 0.482 e. The summed E-state index contributed by atoms with van der Waals surface area (Å²) >= 11 is 0. The molecule has 1 aliphatic rings. The highest BCUT2D eigenvalue weighted by Crippen LogP contribution is 2.24. The van der Waals surface area contributed by atoms with Gasteiger partial charge in [0.2, 0.25) is 5.91 Å². The van der Waals surface area contributed by atoms with Crippen LogP contribution in [0.4, 0.5) is 5.69 Å². The molecule has 1 heterocycles. The zero-order valence-electron chi connectivity index (χ0n) is 13.7. The number of ether oxygens (including phenoxy) is 2. The minimum atomic E-state index is -0.293. The number of nitrogens with one attached hydrogen (secondary N) is 1. The van der Waals surface area contributed by atoms with Crippen molar-refractivity contribution in [2.24, 2.45) is 11.7 Å². The molecule has 1 unspecified atom stereocenters. The van der Waals surface area contributed by atoms with Gasteiger partial charge in [0.25, 0.3) is 5.91 Å². The number of hydrogen-bond acceptors (Lipinski definition) is 5. The molecule has 3 N–H and O–H groups in total. The van der Waals surface area contributed by atoms with E-state index in [0.29, 0.717) is 37.7 Å². The van der Waals surface area contributed by atoms with Crippen molar-refractivity contribution in [2.45, 2.75) is 6.92 Å². The molecule has 0 saturated carbocycles. The smallest absolute Gasteiger partial charge is 0.260 e. The van der Waals surface area contributed by atoms with E-state index in [9.17, 15) is 9.59 Å². The van der Waals surface area contributed by atoms with E-state index in [1.54, 1.807) is 36.1 Å². The second kappa shape index (κ2) is 10.1. The number of carbonyl (C=O) groups is 2. The first kappa shape index (κ1) is 20.2. The fraction of sp³-hybridized carbons (Fsp3) is 0.500. The molecule has 1 atom stereocenters. The van der Waals surface area contributed by atoms with Crippen LogP contribution in [-0.2, 0) is 14.3 Å². The molecule has 1 aromatic rings. The Morgan fingerprint density at radius 3 is 2.67 bits per heavy atom. The van der Waals surface area contributed by atoms with Crippen molar-refractivity contribution in [1.82, 2.24) is 4.90 Å². The summed E-state index contributed by atoms with van der Waals surface area (Å²) in [7, 11) is 0. The number of hydrogen-bond donors (Lipinski definition) is 2. The molecule has 0 radical (unpaired) electrons. The van der Waals surface area contributed by atoms with Crippen LogP contribution < -0.4 is 15.8 Å². The molecular weight excluding hydrogens is 334 g/mol. The second-order valence-corrected chi connectivity index (χ2v) is 5.40. The van der Waals surface area contributed by atoms with Crippen molar-refractivity contribution in [1.29, 1.82) is 0 Å². The Morgan fingerprint density at radius 1 is 1.33 bits per heavy atom. The highest BCUT2D eigenvalue weighted by atomic mass is 35.5. The maximum Gasteiger partial charge on any atom is 0.260 e. The van der Waals surface area contributed by atoms with Crippen molar-refractivity contribution >= 4 is 29.9 Å². The number of halogens is 1. The molecule has 1 fully saturated rings. The van der Waals surface area contributed by atoms with E-state index in [2.05, 4.69) is 5.32 Å². The Morgan fingerprint density at radius 2 is 2.00 bits per heavy atom. The van der Waals surface area contributed by atoms with Gasteiger partial charge in [-0.15, -0.1) is 12.4 Å². The fourth-order valence-electron chi connectivity index (χ4n) is 2.10. The zero-order valence-corrected chi connectivity index (χ0v) is 14.5. The fourth-order valence-corrected chi connectivity index (χ4v) is 2.10. The van der Waals surface area contributed by atoms with Crippen LogP contribution in [0.25, 0.3) is 0 Å². The van der Waals surface area contributed by atoms with E-state index in [1.807, 2.05) is 0 Å². The average Bonchev–Trinajstić information content (AvgIpc) is 2.60. The van der Waals surface area contributed by atoms with E-state index in [4.69, 9.17) is 15.2 Å². The number of nitrogens with zero attached hydrogens (tertiary/aromatic N) is 1. The summed E-state index contributed by atoms with van der Waals surface area (Å²) in [5.74, 6) is -0.0995. The summed E-state index contributed by atoms with van der Waals surface area (Å²) in [6.45, 7) is 4.21. The SMILES string of the molecule is CC(CN)C(=O)Nc1ccccc1OCC(=O)N1CCOCC1.Cl. The van der Waals surface area contributed by atoms with Crippen LogP contribution in [-0.4, -0.2) is 56.2 Å². The molecule has 8 heteroatoms. The minimum absolute atomic E-state index is 0. The first-order valence-corrected chi connectivity index (χ1v) is 7.70. The molecule has 134 valence electrons. The van der Waals surface area contributed by atoms with Gasteiger partial charge in [-0.05, 0) is 12.1 Å². The van der Waals surface area contributed by atoms with Crippen LogP contribution in [0.2, 0.25) is 0 Å². The van der Waals surface area contributed by atoms with Gasteiger partial charge < -0.3 is 25.4 Å². The summed E-state index contributed by atoms with van der Waals surface area (Å²) in [6, 6.07) is 7.03. The number of benzene rings is 1. The molecule has 2 rings (SSSR count). The highest BCUT2D eigenvalue weighted by Gasteiger charge is 2.18. The average molecular weight is 358 g/mol. The second-order valence-electron chi connectivity index (χ2n) is 5.40. The Labute approximate surface area is 147 Å². The van der Waals surface area contributed by atoms with Crippen molar-refractivity contribution in [3.63, 3.8) is 0 Å². The van der Waals surface area contributed by atoms with Crippen molar-refractivity contribution in [3.8, 4) is 5.75 Å². The first-order valence-electron chi connectivity index (χ1n) is 7.70. The van der Waals surface area contributed by atoms with E-state index < -0.39 is 0 Å². The third kappa shape index (κ3) is 5.67. The number of amides is 2. The van der Waals surface area contributed by atoms with E-state index >= 15 is 0 Å². The lowest BCUT2D eigenvalue weighted by Gasteiger charge is -2.26. The van der Waals surface area contributed by atoms with E-state index in [0.717, 1.165) is 0 Å². The number of nitrogens with two attached hydrogens (primary N) is 1. The minimum Gasteiger partial charge on any atom is -0.482 e.